The SMILES string of the molecule is Cc1nn(-c2ccc(F)cc2F)c(C)c1C(=O)NCc1ccccc1Cn1ccnc1. The number of nitrogens with zero attached hydrogens (tertiary/aromatic N) is 4. The maximum absolute atomic E-state index is 14.2. The number of benzene rings is 2. The number of hydrogen-bond donors (Lipinski definition) is 1. The van der Waals surface area contributed by atoms with Gasteiger partial charge >= 0.3 is 0 Å². The van der Waals surface area contributed by atoms with Crippen LogP contribution in [-0.4, -0.2) is 25.2 Å². The zero-order valence-corrected chi connectivity index (χ0v) is 17.1. The van der Waals surface area contributed by atoms with Crippen molar-refractivity contribution in [1.29, 1.82) is 0 Å². The second kappa shape index (κ2) is 8.51. The maximum atomic E-state index is 14.2. The van der Waals surface area contributed by atoms with Crippen molar-refractivity contribution >= 4 is 5.91 Å². The molecule has 2 aromatic heterocycles. The highest BCUT2D eigenvalue weighted by Gasteiger charge is 2.21. The van der Waals surface area contributed by atoms with E-state index in [4.69, 9.17) is 0 Å². The number of aryl methyl sites for hydroxylation is 1. The van der Waals surface area contributed by atoms with Gasteiger partial charge in [-0.05, 0) is 37.1 Å². The zero-order chi connectivity index (χ0) is 22.0. The summed E-state index contributed by atoms with van der Waals surface area (Å²) in [4.78, 5) is 17.0. The number of carbonyl (C=O) groups is 1. The summed E-state index contributed by atoms with van der Waals surface area (Å²) in [5.74, 6) is -1.72. The van der Waals surface area contributed by atoms with E-state index in [1.807, 2.05) is 35.0 Å². The first-order valence-corrected chi connectivity index (χ1v) is 9.76. The topological polar surface area (TPSA) is 64.7 Å². The lowest BCUT2D eigenvalue weighted by Gasteiger charge is -2.12. The molecule has 1 N–H and O–H groups in total. The predicted molar refractivity (Wildman–Crippen MR) is 112 cm³/mol. The van der Waals surface area contributed by atoms with Crippen molar-refractivity contribution in [3.05, 3.63) is 101 Å². The maximum Gasteiger partial charge on any atom is 0.255 e. The minimum absolute atomic E-state index is 0.0896. The standard InChI is InChI=1S/C23H21F2N5O/c1-15-22(16(2)30(28-15)21-8-7-19(24)11-20(21)25)23(31)27-12-17-5-3-4-6-18(17)13-29-10-9-26-14-29/h3-11,14H,12-13H2,1-2H3,(H,27,31). The summed E-state index contributed by atoms with van der Waals surface area (Å²) in [5, 5.41) is 7.23. The Labute approximate surface area is 178 Å². The van der Waals surface area contributed by atoms with Crippen LogP contribution >= 0.6 is 0 Å². The Morgan fingerprint density at radius 2 is 1.87 bits per heavy atom. The molecule has 0 atom stereocenters. The Kier molecular flexibility index (Phi) is 5.62. The fourth-order valence-electron chi connectivity index (χ4n) is 3.58. The van der Waals surface area contributed by atoms with Crippen LogP contribution < -0.4 is 5.32 Å². The quantitative estimate of drug-likeness (QED) is 0.513. The van der Waals surface area contributed by atoms with Crippen molar-refractivity contribution < 1.29 is 13.6 Å². The Bertz CT molecular complexity index is 1230. The van der Waals surface area contributed by atoms with Gasteiger partial charge in [-0.15, -0.1) is 0 Å². The summed E-state index contributed by atoms with van der Waals surface area (Å²) in [7, 11) is 0. The third-order valence-corrected chi connectivity index (χ3v) is 5.13. The minimum Gasteiger partial charge on any atom is -0.348 e. The molecule has 4 aromatic rings. The summed E-state index contributed by atoms with van der Waals surface area (Å²) in [6.07, 6.45) is 5.34. The highest BCUT2D eigenvalue weighted by Crippen LogP contribution is 2.21. The van der Waals surface area contributed by atoms with Crippen LogP contribution in [-0.2, 0) is 13.1 Å². The first-order valence-electron chi connectivity index (χ1n) is 9.76. The minimum atomic E-state index is -0.744. The van der Waals surface area contributed by atoms with E-state index >= 15 is 0 Å². The zero-order valence-electron chi connectivity index (χ0n) is 17.1. The van der Waals surface area contributed by atoms with Gasteiger partial charge in [-0.25, -0.2) is 18.4 Å². The Morgan fingerprint density at radius 3 is 2.58 bits per heavy atom. The molecule has 0 spiro atoms. The Hall–Kier alpha value is -3.81. The van der Waals surface area contributed by atoms with Crippen LogP contribution in [0.25, 0.3) is 5.69 Å². The van der Waals surface area contributed by atoms with Crippen LogP contribution in [0.3, 0.4) is 0 Å². The van der Waals surface area contributed by atoms with Crippen LogP contribution in [0.2, 0.25) is 0 Å². The van der Waals surface area contributed by atoms with Crippen molar-refractivity contribution in [3.63, 3.8) is 0 Å². The molecule has 1 amide bonds. The smallest absolute Gasteiger partial charge is 0.255 e. The fourth-order valence-corrected chi connectivity index (χ4v) is 3.58. The molecule has 0 radical (unpaired) electrons. The molecule has 0 aliphatic rings. The van der Waals surface area contributed by atoms with Crippen LogP contribution in [0.1, 0.15) is 32.9 Å². The summed E-state index contributed by atoms with van der Waals surface area (Å²) >= 11 is 0. The largest absolute Gasteiger partial charge is 0.348 e. The van der Waals surface area contributed by atoms with Gasteiger partial charge in [-0.3, -0.25) is 4.79 Å². The van der Waals surface area contributed by atoms with Crippen molar-refractivity contribution in [1.82, 2.24) is 24.6 Å². The van der Waals surface area contributed by atoms with Crippen LogP contribution in [0.4, 0.5) is 8.78 Å². The molecule has 0 fully saturated rings. The molecule has 0 bridgehead atoms. The highest BCUT2D eigenvalue weighted by atomic mass is 19.1. The number of nitrogens with one attached hydrogen (secondary N) is 1. The first-order chi connectivity index (χ1) is 14.9. The van der Waals surface area contributed by atoms with Gasteiger partial charge in [0, 0.05) is 31.5 Å². The summed E-state index contributed by atoms with van der Waals surface area (Å²) < 4.78 is 30.8. The third kappa shape index (κ3) is 4.23. The van der Waals surface area contributed by atoms with Gasteiger partial charge in [-0.1, -0.05) is 24.3 Å². The van der Waals surface area contributed by atoms with Crippen molar-refractivity contribution in [3.8, 4) is 5.69 Å². The molecule has 158 valence electrons. The Balaban J connectivity index is 1.55. The van der Waals surface area contributed by atoms with E-state index in [9.17, 15) is 13.6 Å². The van der Waals surface area contributed by atoms with Gasteiger partial charge in [0.1, 0.15) is 11.5 Å². The van der Waals surface area contributed by atoms with Gasteiger partial charge in [0.25, 0.3) is 5.91 Å². The van der Waals surface area contributed by atoms with E-state index in [0.717, 1.165) is 23.3 Å². The Morgan fingerprint density at radius 1 is 1.10 bits per heavy atom. The van der Waals surface area contributed by atoms with Crippen LogP contribution in [0.5, 0.6) is 0 Å². The van der Waals surface area contributed by atoms with E-state index in [1.54, 1.807) is 26.4 Å². The fraction of sp³-hybridized carbons (Fsp3) is 0.174. The molecule has 6 nitrogen and oxygen atoms in total. The molecular weight excluding hydrogens is 400 g/mol. The number of halogens is 2. The van der Waals surface area contributed by atoms with E-state index in [-0.39, 0.29) is 11.6 Å². The number of imidazole rings is 1. The highest BCUT2D eigenvalue weighted by molar-refractivity contribution is 5.96. The number of aromatic nitrogens is 4. The summed E-state index contributed by atoms with van der Waals surface area (Å²) in [6, 6.07) is 11.1. The van der Waals surface area contributed by atoms with Gasteiger partial charge in [0.05, 0.1) is 23.3 Å². The van der Waals surface area contributed by atoms with E-state index in [2.05, 4.69) is 15.4 Å². The molecule has 0 saturated heterocycles. The number of hydrogen-bond acceptors (Lipinski definition) is 3. The lowest BCUT2D eigenvalue weighted by molar-refractivity contribution is 0.0949. The van der Waals surface area contributed by atoms with Crippen LogP contribution in [0.15, 0.2) is 61.2 Å². The van der Waals surface area contributed by atoms with Gasteiger partial charge in [-0.2, -0.15) is 5.10 Å². The molecule has 31 heavy (non-hydrogen) atoms. The molecule has 2 aromatic carbocycles. The molecule has 0 unspecified atom stereocenters. The average molecular weight is 421 g/mol. The predicted octanol–water partition coefficient (Wildman–Crippen LogP) is 3.94. The molecule has 0 aliphatic heterocycles. The number of rotatable bonds is 6. The van der Waals surface area contributed by atoms with Gasteiger partial charge in [0.2, 0.25) is 0 Å². The van der Waals surface area contributed by atoms with Crippen molar-refractivity contribution in [2.45, 2.75) is 26.9 Å². The molecule has 0 saturated carbocycles. The van der Waals surface area contributed by atoms with Crippen molar-refractivity contribution in [2.75, 3.05) is 0 Å². The number of amides is 1. The van der Waals surface area contributed by atoms with E-state index < -0.39 is 11.6 Å². The second-order valence-corrected chi connectivity index (χ2v) is 7.24. The van der Waals surface area contributed by atoms with E-state index in [1.165, 1.54) is 10.7 Å². The number of carbonyl (C=O) groups excluding carboxylic acids is 1. The van der Waals surface area contributed by atoms with Crippen molar-refractivity contribution in [2.24, 2.45) is 0 Å². The normalized spacial score (nSPS) is 11.0. The second-order valence-electron chi connectivity index (χ2n) is 7.24. The lowest BCUT2D eigenvalue weighted by Crippen LogP contribution is -2.24. The summed E-state index contributed by atoms with van der Waals surface area (Å²) in [5.41, 5.74) is 3.45. The molecular formula is C23H21F2N5O. The molecule has 4 rings (SSSR count). The third-order valence-electron chi connectivity index (χ3n) is 5.13. The lowest BCUT2D eigenvalue weighted by atomic mass is 10.1. The van der Waals surface area contributed by atoms with Crippen LogP contribution in [0, 0.1) is 25.5 Å². The molecule has 2 heterocycles. The molecule has 0 aliphatic carbocycles. The monoisotopic (exact) mass is 421 g/mol. The first kappa shape index (κ1) is 20.5. The van der Waals surface area contributed by atoms with E-state index in [0.29, 0.717) is 30.0 Å². The van der Waals surface area contributed by atoms with Gasteiger partial charge in [0.15, 0.2) is 5.82 Å². The average Bonchev–Trinajstić information content (AvgIpc) is 3.35. The summed E-state index contributed by atoms with van der Waals surface area (Å²) in [6.45, 7) is 4.35. The molecule has 8 heteroatoms. The van der Waals surface area contributed by atoms with Gasteiger partial charge < -0.3 is 9.88 Å².